The molecule has 0 spiro atoms. The molecule has 1 aliphatic rings. The summed E-state index contributed by atoms with van der Waals surface area (Å²) in [7, 11) is 0. The van der Waals surface area contributed by atoms with E-state index in [0.29, 0.717) is 12.1 Å². The van der Waals surface area contributed by atoms with Crippen molar-refractivity contribution in [3.63, 3.8) is 0 Å². The zero-order valence-electron chi connectivity index (χ0n) is 11.8. The summed E-state index contributed by atoms with van der Waals surface area (Å²) in [5.41, 5.74) is 2.59. The molecule has 1 fully saturated rings. The molecule has 0 amide bonds. The van der Waals surface area contributed by atoms with Crippen LogP contribution in [0.4, 0.5) is 5.69 Å². The highest BCUT2D eigenvalue weighted by Crippen LogP contribution is 2.22. The normalized spacial score (nSPS) is 20.1. The summed E-state index contributed by atoms with van der Waals surface area (Å²) in [4.78, 5) is 6.69. The largest absolute Gasteiger partial charge is 0.367 e. The maximum atomic E-state index is 4.19. The second-order valence-electron chi connectivity index (χ2n) is 5.56. The molecule has 1 atom stereocenters. The standard InChI is InChI=1S/C15H25N3/c1-12(2)18(11-14-6-4-5-8-17-14)15-7-9-16-10-13(15)3/h7,9-10,12,14,17H,4-6,8,11H2,1-3H3. The SMILES string of the molecule is Cc1cnccc1N(CC1CCCCN1)C(C)C. The van der Waals surface area contributed by atoms with E-state index in [0.717, 1.165) is 6.54 Å². The molecular formula is C15H25N3. The van der Waals surface area contributed by atoms with Gasteiger partial charge in [-0.15, -0.1) is 0 Å². The Balaban J connectivity index is 2.10. The van der Waals surface area contributed by atoms with Gasteiger partial charge in [0, 0.05) is 36.7 Å². The van der Waals surface area contributed by atoms with Crippen LogP contribution in [0.15, 0.2) is 18.5 Å². The van der Waals surface area contributed by atoms with Crippen molar-refractivity contribution < 1.29 is 0 Å². The molecule has 1 aromatic rings. The van der Waals surface area contributed by atoms with Gasteiger partial charge < -0.3 is 10.2 Å². The van der Waals surface area contributed by atoms with Gasteiger partial charge in [0.1, 0.15) is 0 Å². The van der Waals surface area contributed by atoms with E-state index in [2.05, 4.69) is 42.0 Å². The van der Waals surface area contributed by atoms with E-state index in [9.17, 15) is 0 Å². The highest BCUT2D eigenvalue weighted by molar-refractivity contribution is 5.52. The Morgan fingerprint density at radius 2 is 2.28 bits per heavy atom. The first-order chi connectivity index (χ1) is 8.68. The van der Waals surface area contributed by atoms with Crippen LogP contribution < -0.4 is 10.2 Å². The number of pyridine rings is 1. The van der Waals surface area contributed by atoms with Crippen LogP contribution in [0.2, 0.25) is 0 Å². The molecule has 1 aliphatic heterocycles. The minimum absolute atomic E-state index is 0.523. The number of piperidine rings is 1. The molecule has 3 heteroatoms. The van der Waals surface area contributed by atoms with E-state index >= 15 is 0 Å². The van der Waals surface area contributed by atoms with Crippen LogP contribution in [0.25, 0.3) is 0 Å². The highest BCUT2D eigenvalue weighted by atomic mass is 15.2. The summed E-state index contributed by atoms with van der Waals surface area (Å²) in [5.74, 6) is 0. The lowest BCUT2D eigenvalue weighted by Crippen LogP contribution is -2.46. The Labute approximate surface area is 111 Å². The molecule has 0 radical (unpaired) electrons. The molecule has 0 bridgehead atoms. The van der Waals surface area contributed by atoms with Crippen molar-refractivity contribution in [2.24, 2.45) is 0 Å². The molecule has 0 aromatic carbocycles. The first-order valence-electron chi connectivity index (χ1n) is 7.09. The van der Waals surface area contributed by atoms with Crippen LogP contribution in [0.1, 0.15) is 38.7 Å². The lowest BCUT2D eigenvalue weighted by Gasteiger charge is -2.35. The fourth-order valence-electron chi connectivity index (χ4n) is 2.69. The van der Waals surface area contributed by atoms with E-state index in [1.54, 1.807) is 0 Å². The lowest BCUT2D eigenvalue weighted by molar-refractivity contribution is 0.393. The number of aromatic nitrogens is 1. The van der Waals surface area contributed by atoms with Gasteiger partial charge >= 0.3 is 0 Å². The molecule has 0 aliphatic carbocycles. The third-order valence-corrected chi connectivity index (χ3v) is 3.75. The van der Waals surface area contributed by atoms with Crippen molar-refractivity contribution in [2.45, 2.75) is 52.1 Å². The summed E-state index contributed by atoms with van der Waals surface area (Å²) in [6.07, 6.45) is 7.84. The monoisotopic (exact) mass is 247 g/mol. The maximum absolute atomic E-state index is 4.19. The maximum Gasteiger partial charge on any atom is 0.0429 e. The molecular weight excluding hydrogens is 222 g/mol. The molecule has 2 heterocycles. The van der Waals surface area contributed by atoms with Crippen LogP contribution in [-0.4, -0.2) is 30.2 Å². The van der Waals surface area contributed by atoms with Gasteiger partial charge in [-0.1, -0.05) is 6.42 Å². The molecule has 1 aromatic heterocycles. The van der Waals surface area contributed by atoms with Crippen molar-refractivity contribution in [2.75, 3.05) is 18.0 Å². The van der Waals surface area contributed by atoms with Gasteiger partial charge in [0.05, 0.1) is 0 Å². The summed E-state index contributed by atoms with van der Waals surface area (Å²) in [6.45, 7) is 8.95. The summed E-state index contributed by atoms with van der Waals surface area (Å²) in [5, 5.41) is 3.64. The van der Waals surface area contributed by atoms with Crippen molar-refractivity contribution >= 4 is 5.69 Å². The first-order valence-corrected chi connectivity index (χ1v) is 7.09. The zero-order chi connectivity index (χ0) is 13.0. The van der Waals surface area contributed by atoms with Gasteiger partial charge in [-0.05, 0) is 51.8 Å². The Hall–Kier alpha value is -1.09. The van der Waals surface area contributed by atoms with E-state index in [-0.39, 0.29) is 0 Å². The first kappa shape index (κ1) is 13.3. The Morgan fingerprint density at radius 3 is 2.89 bits per heavy atom. The minimum Gasteiger partial charge on any atom is -0.367 e. The average molecular weight is 247 g/mol. The van der Waals surface area contributed by atoms with Crippen LogP contribution >= 0.6 is 0 Å². The van der Waals surface area contributed by atoms with Gasteiger partial charge in [-0.3, -0.25) is 4.98 Å². The van der Waals surface area contributed by atoms with Crippen LogP contribution in [0.5, 0.6) is 0 Å². The summed E-state index contributed by atoms with van der Waals surface area (Å²) >= 11 is 0. The third kappa shape index (κ3) is 3.22. The highest BCUT2D eigenvalue weighted by Gasteiger charge is 2.19. The van der Waals surface area contributed by atoms with E-state index in [4.69, 9.17) is 0 Å². The van der Waals surface area contributed by atoms with Crippen LogP contribution in [0, 0.1) is 6.92 Å². The molecule has 0 saturated carbocycles. The molecule has 100 valence electrons. The van der Waals surface area contributed by atoms with Gasteiger partial charge in [-0.2, -0.15) is 0 Å². The fourth-order valence-corrected chi connectivity index (χ4v) is 2.69. The van der Waals surface area contributed by atoms with E-state index < -0.39 is 0 Å². The van der Waals surface area contributed by atoms with Crippen molar-refractivity contribution in [3.05, 3.63) is 24.0 Å². The van der Waals surface area contributed by atoms with Gasteiger partial charge in [0.25, 0.3) is 0 Å². The van der Waals surface area contributed by atoms with Crippen LogP contribution in [-0.2, 0) is 0 Å². The minimum atomic E-state index is 0.523. The molecule has 2 rings (SSSR count). The topological polar surface area (TPSA) is 28.2 Å². The zero-order valence-corrected chi connectivity index (χ0v) is 11.8. The molecule has 1 saturated heterocycles. The van der Waals surface area contributed by atoms with Crippen molar-refractivity contribution in [3.8, 4) is 0 Å². The van der Waals surface area contributed by atoms with Gasteiger partial charge in [-0.25, -0.2) is 0 Å². The molecule has 1 unspecified atom stereocenters. The smallest absolute Gasteiger partial charge is 0.0429 e. The molecule has 18 heavy (non-hydrogen) atoms. The number of rotatable bonds is 4. The van der Waals surface area contributed by atoms with Crippen molar-refractivity contribution in [1.82, 2.24) is 10.3 Å². The fraction of sp³-hybridized carbons (Fsp3) is 0.667. The number of anilines is 1. The van der Waals surface area contributed by atoms with Gasteiger partial charge in [0.15, 0.2) is 0 Å². The summed E-state index contributed by atoms with van der Waals surface area (Å²) < 4.78 is 0. The van der Waals surface area contributed by atoms with Gasteiger partial charge in [0.2, 0.25) is 0 Å². The second-order valence-corrected chi connectivity index (χ2v) is 5.56. The molecule has 1 N–H and O–H groups in total. The summed E-state index contributed by atoms with van der Waals surface area (Å²) in [6, 6.07) is 3.29. The Morgan fingerprint density at radius 1 is 1.44 bits per heavy atom. The Bertz CT molecular complexity index is 370. The molecule has 3 nitrogen and oxygen atoms in total. The predicted octanol–water partition coefficient (Wildman–Crippen LogP) is 2.75. The van der Waals surface area contributed by atoms with E-state index in [1.807, 2.05) is 12.4 Å². The quantitative estimate of drug-likeness (QED) is 0.886. The number of aryl methyl sites for hydroxylation is 1. The lowest BCUT2D eigenvalue weighted by atomic mass is 10.0. The second kappa shape index (κ2) is 6.19. The number of nitrogens with zero attached hydrogens (tertiary/aromatic N) is 2. The predicted molar refractivity (Wildman–Crippen MR) is 77.1 cm³/mol. The van der Waals surface area contributed by atoms with E-state index in [1.165, 1.54) is 37.1 Å². The van der Waals surface area contributed by atoms with Crippen molar-refractivity contribution in [1.29, 1.82) is 0 Å². The third-order valence-electron chi connectivity index (χ3n) is 3.75. The number of hydrogen-bond acceptors (Lipinski definition) is 3. The Kier molecular flexibility index (Phi) is 4.59. The number of hydrogen-bond donors (Lipinski definition) is 1. The van der Waals surface area contributed by atoms with Crippen LogP contribution in [0.3, 0.4) is 0 Å². The number of nitrogens with one attached hydrogen (secondary N) is 1. The average Bonchev–Trinajstić information content (AvgIpc) is 2.38.